The molecule has 0 radical (unpaired) electrons. The highest BCUT2D eigenvalue weighted by molar-refractivity contribution is 5.92. The SMILES string of the molecule is O=C(CNC(c1ccccc1)c1ccccn1)Nc1ccc(C(F)(F)F)cc1. The van der Waals surface area contributed by atoms with E-state index in [-0.39, 0.29) is 18.5 Å². The molecule has 144 valence electrons. The number of rotatable bonds is 6. The van der Waals surface area contributed by atoms with Crippen LogP contribution in [0.25, 0.3) is 0 Å². The lowest BCUT2D eigenvalue weighted by Gasteiger charge is -2.18. The monoisotopic (exact) mass is 385 g/mol. The van der Waals surface area contributed by atoms with E-state index in [1.54, 1.807) is 6.20 Å². The average molecular weight is 385 g/mol. The minimum atomic E-state index is -4.41. The van der Waals surface area contributed by atoms with E-state index in [1.165, 1.54) is 12.1 Å². The van der Waals surface area contributed by atoms with Crippen molar-refractivity contribution in [2.24, 2.45) is 0 Å². The van der Waals surface area contributed by atoms with Gasteiger partial charge in [0.15, 0.2) is 0 Å². The quantitative estimate of drug-likeness (QED) is 0.661. The smallest absolute Gasteiger partial charge is 0.325 e. The molecule has 28 heavy (non-hydrogen) atoms. The zero-order chi connectivity index (χ0) is 20.0. The molecule has 4 nitrogen and oxygen atoms in total. The highest BCUT2D eigenvalue weighted by Crippen LogP contribution is 2.29. The first-order valence-electron chi connectivity index (χ1n) is 8.60. The van der Waals surface area contributed by atoms with Crippen LogP contribution in [0.2, 0.25) is 0 Å². The minimum Gasteiger partial charge on any atom is -0.325 e. The predicted octanol–water partition coefficient (Wildman–Crippen LogP) is 4.42. The largest absolute Gasteiger partial charge is 0.416 e. The van der Waals surface area contributed by atoms with Crippen molar-refractivity contribution >= 4 is 11.6 Å². The summed E-state index contributed by atoms with van der Waals surface area (Å²) >= 11 is 0. The summed E-state index contributed by atoms with van der Waals surface area (Å²) in [4.78, 5) is 16.6. The molecule has 3 aromatic rings. The molecule has 0 aliphatic rings. The number of pyridine rings is 1. The van der Waals surface area contributed by atoms with Crippen molar-refractivity contribution in [2.75, 3.05) is 11.9 Å². The van der Waals surface area contributed by atoms with Gasteiger partial charge in [-0.2, -0.15) is 13.2 Å². The Hall–Kier alpha value is -3.19. The van der Waals surface area contributed by atoms with Gasteiger partial charge < -0.3 is 5.32 Å². The van der Waals surface area contributed by atoms with Gasteiger partial charge in [-0.25, -0.2) is 0 Å². The molecule has 1 heterocycles. The molecular formula is C21H18F3N3O. The summed E-state index contributed by atoms with van der Waals surface area (Å²) in [5.74, 6) is -0.364. The maximum absolute atomic E-state index is 12.6. The molecule has 0 spiro atoms. The number of aromatic nitrogens is 1. The second-order valence-electron chi connectivity index (χ2n) is 6.10. The molecule has 0 saturated heterocycles. The molecule has 3 rings (SSSR count). The summed E-state index contributed by atoms with van der Waals surface area (Å²) in [7, 11) is 0. The highest BCUT2D eigenvalue weighted by atomic mass is 19.4. The number of nitrogens with one attached hydrogen (secondary N) is 2. The van der Waals surface area contributed by atoms with Crippen molar-refractivity contribution in [3.63, 3.8) is 0 Å². The number of hydrogen-bond acceptors (Lipinski definition) is 3. The molecule has 7 heteroatoms. The van der Waals surface area contributed by atoms with Crippen LogP contribution in [0, 0.1) is 0 Å². The first-order valence-corrected chi connectivity index (χ1v) is 8.60. The van der Waals surface area contributed by atoms with E-state index in [0.717, 1.165) is 23.4 Å². The van der Waals surface area contributed by atoms with Crippen LogP contribution >= 0.6 is 0 Å². The lowest BCUT2D eigenvalue weighted by Crippen LogP contribution is -2.32. The summed E-state index contributed by atoms with van der Waals surface area (Å²) in [5.41, 5.74) is 1.25. The molecule has 0 aliphatic heterocycles. The van der Waals surface area contributed by atoms with Crippen LogP contribution in [0.15, 0.2) is 79.0 Å². The highest BCUT2D eigenvalue weighted by Gasteiger charge is 2.30. The standard InChI is InChI=1S/C21H18F3N3O/c22-21(23,24)16-9-11-17(12-10-16)27-19(28)14-26-20(15-6-2-1-3-7-15)18-8-4-5-13-25-18/h1-13,20,26H,14H2,(H,27,28). The van der Waals surface area contributed by atoms with Crippen molar-refractivity contribution in [3.05, 3.63) is 95.8 Å². The third-order valence-corrected chi connectivity index (χ3v) is 4.08. The van der Waals surface area contributed by atoms with E-state index in [2.05, 4.69) is 15.6 Å². The molecule has 1 amide bonds. The van der Waals surface area contributed by atoms with Crippen LogP contribution in [-0.2, 0) is 11.0 Å². The van der Waals surface area contributed by atoms with Gasteiger partial charge in [0.2, 0.25) is 5.91 Å². The fourth-order valence-electron chi connectivity index (χ4n) is 2.73. The maximum atomic E-state index is 12.6. The zero-order valence-electron chi connectivity index (χ0n) is 14.8. The molecule has 0 aliphatic carbocycles. The topological polar surface area (TPSA) is 54.0 Å². The third kappa shape index (κ3) is 5.17. The molecule has 1 unspecified atom stereocenters. The second kappa shape index (κ2) is 8.67. The number of alkyl halides is 3. The van der Waals surface area contributed by atoms with Gasteiger partial charge in [-0.3, -0.25) is 15.1 Å². The van der Waals surface area contributed by atoms with Crippen LogP contribution in [0.5, 0.6) is 0 Å². The van der Waals surface area contributed by atoms with Gasteiger partial charge in [-0.1, -0.05) is 36.4 Å². The summed E-state index contributed by atoms with van der Waals surface area (Å²) in [5, 5.41) is 5.74. The second-order valence-corrected chi connectivity index (χ2v) is 6.10. The Morgan fingerprint density at radius 3 is 2.21 bits per heavy atom. The normalized spacial score (nSPS) is 12.4. The fourth-order valence-corrected chi connectivity index (χ4v) is 2.73. The molecule has 0 fully saturated rings. The molecule has 0 bridgehead atoms. The number of nitrogens with zero attached hydrogens (tertiary/aromatic N) is 1. The van der Waals surface area contributed by atoms with E-state index < -0.39 is 11.7 Å². The van der Waals surface area contributed by atoms with Gasteiger partial charge in [-0.05, 0) is 42.0 Å². The van der Waals surface area contributed by atoms with E-state index in [9.17, 15) is 18.0 Å². The van der Waals surface area contributed by atoms with Crippen molar-refractivity contribution in [1.82, 2.24) is 10.3 Å². The average Bonchev–Trinajstić information content (AvgIpc) is 2.69. The van der Waals surface area contributed by atoms with Gasteiger partial charge in [0.1, 0.15) is 0 Å². The van der Waals surface area contributed by atoms with Gasteiger partial charge in [0.25, 0.3) is 0 Å². The first kappa shape index (κ1) is 19.6. The molecular weight excluding hydrogens is 367 g/mol. The Labute approximate surface area is 160 Å². The van der Waals surface area contributed by atoms with Gasteiger partial charge in [0.05, 0.1) is 23.8 Å². The van der Waals surface area contributed by atoms with Crippen LogP contribution in [-0.4, -0.2) is 17.4 Å². The lowest BCUT2D eigenvalue weighted by atomic mass is 10.0. The molecule has 2 N–H and O–H groups in total. The summed E-state index contributed by atoms with van der Waals surface area (Å²) in [6.07, 6.45) is -2.73. The Morgan fingerprint density at radius 2 is 1.61 bits per heavy atom. The summed E-state index contributed by atoms with van der Waals surface area (Å²) in [6.45, 7) is -0.0306. The number of carbonyl (C=O) groups is 1. The summed E-state index contributed by atoms with van der Waals surface area (Å²) in [6, 6.07) is 19.1. The van der Waals surface area contributed by atoms with Gasteiger partial charge in [-0.15, -0.1) is 0 Å². The van der Waals surface area contributed by atoms with Crippen LogP contribution in [0.4, 0.5) is 18.9 Å². The van der Waals surface area contributed by atoms with E-state index in [0.29, 0.717) is 5.69 Å². The van der Waals surface area contributed by atoms with E-state index >= 15 is 0 Å². The van der Waals surface area contributed by atoms with E-state index in [1.807, 2.05) is 48.5 Å². The number of anilines is 1. The van der Waals surface area contributed by atoms with Crippen LogP contribution in [0.1, 0.15) is 22.9 Å². The Bertz CT molecular complexity index is 858. The molecule has 0 saturated carbocycles. The number of amides is 1. The minimum absolute atomic E-state index is 0.0306. The van der Waals surface area contributed by atoms with Crippen molar-refractivity contribution in [2.45, 2.75) is 12.2 Å². The Balaban J connectivity index is 1.65. The number of carbonyl (C=O) groups excluding carboxylic acids is 1. The van der Waals surface area contributed by atoms with Gasteiger partial charge in [0, 0.05) is 11.9 Å². The Kier molecular flexibility index (Phi) is 6.06. The third-order valence-electron chi connectivity index (χ3n) is 4.08. The number of benzene rings is 2. The zero-order valence-corrected chi connectivity index (χ0v) is 14.8. The van der Waals surface area contributed by atoms with E-state index in [4.69, 9.17) is 0 Å². The van der Waals surface area contributed by atoms with Crippen molar-refractivity contribution in [1.29, 1.82) is 0 Å². The maximum Gasteiger partial charge on any atom is 0.416 e. The molecule has 2 aromatic carbocycles. The number of hydrogen-bond donors (Lipinski definition) is 2. The van der Waals surface area contributed by atoms with Crippen molar-refractivity contribution in [3.8, 4) is 0 Å². The summed E-state index contributed by atoms with van der Waals surface area (Å²) < 4.78 is 37.8. The molecule has 1 aromatic heterocycles. The fraction of sp³-hybridized carbons (Fsp3) is 0.143. The van der Waals surface area contributed by atoms with Crippen LogP contribution in [0.3, 0.4) is 0 Å². The van der Waals surface area contributed by atoms with Gasteiger partial charge >= 0.3 is 6.18 Å². The first-order chi connectivity index (χ1) is 13.4. The Morgan fingerprint density at radius 1 is 0.929 bits per heavy atom. The van der Waals surface area contributed by atoms with Crippen molar-refractivity contribution < 1.29 is 18.0 Å². The molecule has 1 atom stereocenters. The number of halogens is 3. The lowest BCUT2D eigenvalue weighted by molar-refractivity contribution is -0.137. The van der Waals surface area contributed by atoms with Crippen LogP contribution < -0.4 is 10.6 Å². The predicted molar refractivity (Wildman–Crippen MR) is 101 cm³/mol.